The summed E-state index contributed by atoms with van der Waals surface area (Å²) < 4.78 is 11.5. The van der Waals surface area contributed by atoms with Crippen molar-refractivity contribution in [3.8, 4) is 11.5 Å². The van der Waals surface area contributed by atoms with E-state index < -0.39 is 5.97 Å². The molecular weight excluding hydrogens is 369 g/mol. The van der Waals surface area contributed by atoms with Crippen LogP contribution < -0.4 is 10.5 Å². The van der Waals surface area contributed by atoms with Crippen LogP contribution in [0.2, 0.25) is 0 Å². The third kappa shape index (κ3) is 3.04. The molecule has 0 aliphatic carbocycles. The number of carbonyl (C=O) groups is 1. The number of ether oxygens (including phenoxy) is 2. The van der Waals surface area contributed by atoms with Crippen molar-refractivity contribution in [3.05, 3.63) is 51.1 Å². The first-order chi connectivity index (χ1) is 9.52. The van der Waals surface area contributed by atoms with Gasteiger partial charge >= 0.3 is 5.97 Å². The standard InChI is InChI=1S/C15H14INO3/c1-9-7-10(8-11(14(9)17)15(18)19-2)20-13-6-4-3-5-12(13)16/h3-8H,17H2,1-2H3. The number of hydrogen-bond acceptors (Lipinski definition) is 4. The molecule has 5 heteroatoms. The van der Waals surface area contributed by atoms with E-state index in [4.69, 9.17) is 15.2 Å². The van der Waals surface area contributed by atoms with E-state index in [2.05, 4.69) is 22.6 Å². The van der Waals surface area contributed by atoms with Crippen molar-refractivity contribution in [1.82, 2.24) is 0 Å². The number of benzene rings is 2. The summed E-state index contributed by atoms with van der Waals surface area (Å²) in [6, 6.07) is 11.0. The summed E-state index contributed by atoms with van der Waals surface area (Å²) in [6.45, 7) is 1.82. The van der Waals surface area contributed by atoms with Crippen molar-refractivity contribution in [2.45, 2.75) is 6.92 Å². The lowest BCUT2D eigenvalue weighted by atomic mass is 10.1. The van der Waals surface area contributed by atoms with Crippen LogP contribution in [0.5, 0.6) is 11.5 Å². The molecule has 0 fully saturated rings. The molecule has 0 aromatic heterocycles. The van der Waals surface area contributed by atoms with Crippen molar-refractivity contribution < 1.29 is 14.3 Å². The van der Waals surface area contributed by atoms with Crippen LogP contribution in [0, 0.1) is 10.5 Å². The molecule has 20 heavy (non-hydrogen) atoms. The molecule has 0 saturated carbocycles. The monoisotopic (exact) mass is 383 g/mol. The minimum Gasteiger partial charge on any atom is -0.465 e. The molecule has 0 spiro atoms. The molecule has 0 bridgehead atoms. The van der Waals surface area contributed by atoms with Crippen LogP contribution in [0.15, 0.2) is 36.4 Å². The molecule has 2 aromatic carbocycles. The van der Waals surface area contributed by atoms with E-state index in [-0.39, 0.29) is 0 Å². The first-order valence-electron chi connectivity index (χ1n) is 5.93. The lowest BCUT2D eigenvalue weighted by Gasteiger charge is -2.12. The number of esters is 1. The fourth-order valence-corrected chi connectivity index (χ4v) is 2.25. The Morgan fingerprint density at radius 2 is 1.95 bits per heavy atom. The fraction of sp³-hybridized carbons (Fsp3) is 0.133. The molecule has 2 rings (SSSR count). The third-order valence-corrected chi connectivity index (χ3v) is 3.72. The summed E-state index contributed by atoms with van der Waals surface area (Å²) in [5.74, 6) is 0.813. The Balaban J connectivity index is 2.41. The maximum absolute atomic E-state index is 11.7. The molecule has 0 radical (unpaired) electrons. The van der Waals surface area contributed by atoms with Gasteiger partial charge in [-0.05, 0) is 59.3 Å². The fourth-order valence-electron chi connectivity index (χ4n) is 1.76. The first kappa shape index (κ1) is 14.6. The zero-order chi connectivity index (χ0) is 14.7. The topological polar surface area (TPSA) is 61.5 Å². The average molecular weight is 383 g/mol. The zero-order valence-electron chi connectivity index (χ0n) is 11.1. The van der Waals surface area contributed by atoms with E-state index >= 15 is 0 Å². The number of halogens is 1. The maximum Gasteiger partial charge on any atom is 0.340 e. The van der Waals surface area contributed by atoms with Gasteiger partial charge in [0, 0.05) is 5.69 Å². The Morgan fingerprint density at radius 3 is 2.60 bits per heavy atom. The number of rotatable bonds is 3. The van der Waals surface area contributed by atoms with Crippen molar-refractivity contribution in [2.24, 2.45) is 0 Å². The molecule has 0 aliphatic heterocycles. The van der Waals surface area contributed by atoms with Crippen LogP contribution in [0.4, 0.5) is 5.69 Å². The van der Waals surface area contributed by atoms with Gasteiger partial charge in [-0.2, -0.15) is 0 Å². The van der Waals surface area contributed by atoms with E-state index in [1.165, 1.54) is 7.11 Å². The van der Waals surface area contributed by atoms with Crippen LogP contribution in [0.3, 0.4) is 0 Å². The normalized spacial score (nSPS) is 10.2. The van der Waals surface area contributed by atoms with E-state index in [0.717, 1.165) is 14.9 Å². The minimum atomic E-state index is -0.473. The Bertz CT molecular complexity index is 656. The van der Waals surface area contributed by atoms with Crippen LogP contribution in [-0.2, 0) is 4.74 Å². The van der Waals surface area contributed by atoms with Gasteiger partial charge in [0.1, 0.15) is 11.5 Å². The van der Waals surface area contributed by atoms with Crippen LogP contribution in [-0.4, -0.2) is 13.1 Å². The van der Waals surface area contributed by atoms with Gasteiger partial charge in [-0.15, -0.1) is 0 Å². The summed E-state index contributed by atoms with van der Waals surface area (Å²) in [7, 11) is 1.32. The molecule has 0 unspecified atom stereocenters. The number of nitrogens with two attached hydrogens (primary N) is 1. The smallest absolute Gasteiger partial charge is 0.340 e. The van der Waals surface area contributed by atoms with E-state index in [1.807, 2.05) is 31.2 Å². The maximum atomic E-state index is 11.7. The predicted octanol–water partition coefficient (Wildman–Crippen LogP) is 3.76. The highest BCUT2D eigenvalue weighted by atomic mass is 127. The van der Waals surface area contributed by atoms with Gasteiger partial charge in [0.05, 0.1) is 16.2 Å². The molecule has 0 heterocycles. The van der Waals surface area contributed by atoms with Crippen molar-refractivity contribution in [3.63, 3.8) is 0 Å². The molecular formula is C15H14INO3. The van der Waals surface area contributed by atoms with Crippen LogP contribution >= 0.6 is 22.6 Å². The highest BCUT2D eigenvalue weighted by Gasteiger charge is 2.14. The number of carbonyl (C=O) groups excluding carboxylic acids is 1. The second-order valence-electron chi connectivity index (χ2n) is 4.23. The van der Waals surface area contributed by atoms with Crippen LogP contribution in [0.25, 0.3) is 0 Å². The quantitative estimate of drug-likeness (QED) is 0.498. The third-order valence-electron chi connectivity index (χ3n) is 2.83. The highest BCUT2D eigenvalue weighted by Crippen LogP contribution is 2.30. The summed E-state index contributed by atoms with van der Waals surface area (Å²) >= 11 is 2.19. The Labute approximate surface area is 131 Å². The van der Waals surface area contributed by atoms with Gasteiger partial charge in [0.15, 0.2) is 0 Å². The number of hydrogen-bond donors (Lipinski definition) is 1. The Hall–Kier alpha value is -1.76. The number of aryl methyl sites for hydroxylation is 1. The largest absolute Gasteiger partial charge is 0.465 e. The van der Waals surface area contributed by atoms with Gasteiger partial charge in [0.25, 0.3) is 0 Å². The van der Waals surface area contributed by atoms with Crippen molar-refractivity contribution >= 4 is 34.2 Å². The molecule has 0 amide bonds. The van der Waals surface area contributed by atoms with Gasteiger partial charge in [-0.25, -0.2) is 4.79 Å². The van der Waals surface area contributed by atoms with Gasteiger partial charge in [-0.1, -0.05) is 12.1 Å². The molecule has 104 valence electrons. The molecule has 0 saturated heterocycles. The molecule has 2 aromatic rings. The molecule has 0 atom stereocenters. The molecule has 2 N–H and O–H groups in total. The zero-order valence-corrected chi connectivity index (χ0v) is 13.3. The van der Waals surface area contributed by atoms with Gasteiger partial charge in [0.2, 0.25) is 0 Å². The lowest BCUT2D eigenvalue weighted by molar-refractivity contribution is 0.0601. The summed E-state index contributed by atoms with van der Waals surface area (Å²) in [4.78, 5) is 11.7. The number of para-hydroxylation sites is 1. The number of anilines is 1. The second-order valence-corrected chi connectivity index (χ2v) is 5.39. The Morgan fingerprint density at radius 1 is 1.25 bits per heavy atom. The van der Waals surface area contributed by atoms with Crippen molar-refractivity contribution in [1.29, 1.82) is 0 Å². The van der Waals surface area contributed by atoms with Crippen molar-refractivity contribution in [2.75, 3.05) is 12.8 Å². The van der Waals surface area contributed by atoms with Gasteiger partial charge in [-0.3, -0.25) is 0 Å². The molecule has 0 aliphatic rings. The van der Waals surface area contributed by atoms with E-state index in [9.17, 15) is 4.79 Å². The number of nitrogen functional groups attached to an aromatic ring is 1. The summed E-state index contributed by atoms with van der Waals surface area (Å²) in [5.41, 5.74) is 7.39. The summed E-state index contributed by atoms with van der Waals surface area (Å²) in [5, 5.41) is 0. The number of methoxy groups -OCH3 is 1. The first-order valence-corrected chi connectivity index (χ1v) is 7.01. The van der Waals surface area contributed by atoms with Gasteiger partial charge < -0.3 is 15.2 Å². The molecule has 4 nitrogen and oxygen atoms in total. The Kier molecular flexibility index (Phi) is 4.49. The predicted molar refractivity (Wildman–Crippen MR) is 86.2 cm³/mol. The van der Waals surface area contributed by atoms with E-state index in [0.29, 0.717) is 17.0 Å². The SMILES string of the molecule is COC(=O)c1cc(Oc2ccccc2I)cc(C)c1N. The average Bonchev–Trinajstić information content (AvgIpc) is 2.44. The highest BCUT2D eigenvalue weighted by molar-refractivity contribution is 14.1. The summed E-state index contributed by atoms with van der Waals surface area (Å²) in [6.07, 6.45) is 0. The minimum absolute atomic E-state index is 0.313. The lowest BCUT2D eigenvalue weighted by Crippen LogP contribution is -2.07. The second kappa shape index (κ2) is 6.13. The van der Waals surface area contributed by atoms with Crippen LogP contribution in [0.1, 0.15) is 15.9 Å². The van der Waals surface area contributed by atoms with E-state index in [1.54, 1.807) is 12.1 Å².